The van der Waals surface area contributed by atoms with E-state index >= 15 is 0 Å². The first kappa shape index (κ1) is 9.55. The molecule has 4 nitrogen and oxygen atoms in total. The van der Waals surface area contributed by atoms with Gasteiger partial charge in [0.1, 0.15) is 0 Å². The maximum Gasteiger partial charge on any atom is 0.313 e. The predicted molar refractivity (Wildman–Crippen MR) is 48.9 cm³/mol. The smallest absolute Gasteiger partial charge is 0.313 e. The SMILES string of the molecule is [C-]#[N+]c1cccc(SCC(=O)O)n1. The lowest BCUT2D eigenvalue weighted by Crippen LogP contribution is -1.97. The van der Waals surface area contributed by atoms with Crippen LogP contribution in [0.5, 0.6) is 0 Å². The van der Waals surface area contributed by atoms with Gasteiger partial charge in [0.05, 0.1) is 5.75 Å². The van der Waals surface area contributed by atoms with E-state index in [1.54, 1.807) is 18.2 Å². The molecule has 0 saturated heterocycles. The highest BCUT2D eigenvalue weighted by Crippen LogP contribution is 2.18. The Balaban J connectivity index is 2.68. The summed E-state index contributed by atoms with van der Waals surface area (Å²) in [6.07, 6.45) is 0. The molecule has 0 saturated carbocycles. The van der Waals surface area contributed by atoms with Gasteiger partial charge in [-0.15, -0.1) is 4.98 Å². The highest BCUT2D eigenvalue weighted by atomic mass is 32.2. The second kappa shape index (κ2) is 4.48. The molecule has 5 heteroatoms. The van der Waals surface area contributed by atoms with Crippen molar-refractivity contribution < 1.29 is 9.90 Å². The second-order valence-electron chi connectivity index (χ2n) is 2.13. The number of hydrogen-bond acceptors (Lipinski definition) is 3. The third kappa shape index (κ3) is 3.13. The van der Waals surface area contributed by atoms with Crippen LogP contribution in [-0.4, -0.2) is 21.8 Å². The van der Waals surface area contributed by atoms with Crippen molar-refractivity contribution in [3.8, 4) is 0 Å². The monoisotopic (exact) mass is 194 g/mol. The molecule has 0 aliphatic carbocycles. The number of pyridine rings is 1. The molecule has 1 N–H and O–H groups in total. The maximum atomic E-state index is 10.2. The van der Waals surface area contributed by atoms with Crippen LogP contribution in [0.1, 0.15) is 0 Å². The Hall–Kier alpha value is -1.54. The number of carboxylic acid groups (broad SMARTS) is 1. The molecule has 1 aromatic heterocycles. The summed E-state index contributed by atoms with van der Waals surface area (Å²) < 4.78 is 0. The van der Waals surface area contributed by atoms with Crippen LogP contribution in [0, 0.1) is 6.57 Å². The minimum Gasteiger partial charge on any atom is -0.481 e. The maximum absolute atomic E-state index is 10.2. The van der Waals surface area contributed by atoms with E-state index in [0.29, 0.717) is 5.03 Å². The molecule has 0 unspecified atom stereocenters. The molecular formula is C8H6N2O2S. The summed E-state index contributed by atoms with van der Waals surface area (Å²) in [6.45, 7) is 6.69. The van der Waals surface area contributed by atoms with Crippen LogP contribution in [0.3, 0.4) is 0 Å². The average Bonchev–Trinajstić information content (AvgIpc) is 2.15. The summed E-state index contributed by atoms with van der Waals surface area (Å²) in [5, 5.41) is 8.96. The largest absolute Gasteiger partial charge is 0.481 e. The van der Waals surface area contributed by atoms with E-state index in [2.05, 4.69) is 9.83 Å². The number of carbonyl (C=O) groups is 1. The van der Waals surface area contributed by atoms with Crippen molar-refractivity contribution in [1.29, 1.82) is 0 Å². The molecule has 0 fully saturated rings. The summed E-state index contributed by atoms with van der Waals surface area (Å²) in [4.78, 5) is 17.3. The number of rotatable bonds is 3. The molecule has 0 radical (unpaired) electrons. The van der Waals surface area contributed by atoms with Crippen molar-refractivity contribution in [2.24, 2.45) is 0 Å². The number of thioether (sulfide) groups is 1. The molecule has 0 aliphatic rings. The first-order valence-corrected chi connectivity index (χ1v) is 4.40. The van der Waals surface area contributed by atoms with Crippen LogP contribution in [0.4, 0.5) is 5.82 Å². The van der Waals surface area contributed by atoms with Crippen molar-refractivity contribution in [1.82, 2.24) is 4.98 Å². The van der Waals surface area contributed by atoms with E-state index in [1.165, 1.54) is 0 Å². The van der Waals surface area contributed by atoms with E-state index in [9.17, 15) is 4.79 Å². The number of carboxylic acids is 1. The highest BCUT2D eigenvalue weighted by molar-refractivity contribution is 7.99. The van der Waals surface area contributed by atoms with Gasteiger partial charge in [0, 0.05) is 0 Å². The summed E-state index contributed by atoms with van der Waals surface area (Å²) in [7, 11) is 0. The van der Waals surface area contributed by atoms with Gasteiger partial charge in [-0.25, -0.2) is 0 Å². The Labute approximate surface area is 79.4 Å². The zero-order chi connectivity index (χ0) is 9.68. The Morgan fingerprint density at radius 2 is 2.46 bits per heavy atom. The average molecular weight is 194 g/mol. The fourth-order valence-corrected chi connectivity index (χ4v) is 1.29. The lowest BCUT2D eigenvalue weighted by molar-refractivity contribution is -0.133. The van der Waals surface area contributed by atoms with Gasteiger partial charge < -0.3 is 9.95 Å². The van der Waals surface area contributed by atoms with Crippen molar-refractivity contribution in [3.63, 3.8) is 0 Å². The van der Waals surface area contributed by atoms with Gasteiger partial charge in [0.25, 0.3) is 5.82 Å². The lowest BCUT2D eigenvalue weighted by atomic mass is 10.5. The van der Waals surface area contributed by atoms with E-state index in [-0.39, 0.29) is 11.6 Å². The Kier molecular flexibility index (Phi) is 3.29. The summed E-state index contributed by atoms with van der Waals surface area (Å²) >= 11 is 1.10. The second-order valence-corrected chi connectivity index (χ2v) is 3.12. The molecule has 0 bridgehead atoms. The topological polar surface area (TPSA) is 54.5 Å². The van der Waals surface area contributed by atoms with Crippen LogP contribution in [0.25, 0.3) is 4.85 Å². The highest BCUT2D eigenvalue weighted by Gasteiger charge is 2.04. The molecule has 66 valence electrons. The van der Waals surface area contributed by atoms with E-state index in [0.717, 1.165) is 11.8 Å². The Bertz CT molecular complexity index is 359. The van der Waals surface area contributed by atoms with Crippen LogP contribution < -0.4 is 0 Å². The van der Waals surface area contributed by atoms with Gasteiger partial charge in [-0.05, 0) is 12.1 Å². The summed E-state index contributed by atoms with van der Waals surface area (Å²) in [6, 6.07) is 4.95. The molecule has 13 heavy (non-hydrogen) atoms. The van der Waals surface area contributed by atoms with E-state index < -0.39 is 5.97 Å². The number of hydrogen-bond donors (Lipinski definition) is 1. The van der Waals surface area contributed by atoms with Crippen LogP contribution in [-0.2, 0) is 4.79 Å². The van der Waals surface area contributed by atoms with Crippen molar-refractivity contribution in [2.75, 3.05) is 5.75 Å². The molecule has 1 heterocycles. The van der Waals surface area contributed by atoms with Crippen molar-refractivity contribution in [2.45, 2.75) is 5.03 Å². The Morgan fingerprint density at radius 1 is 1.69 bits per heavy atom. The molecular weight excluding hydrogens is 188 g/mol. The number of nitrogens with zero attached hydrogens (tertiary/aromatic N) is 2. The lowest BCUT2D eigenvalue weighted by Gasteiger charge is -1.93. The van der Waals surface area contributed by atoms with Gasteiger partial charge in [0.15, 0.2) is 5.03 Å². The predicted octanol–water partition coefficient (Wildman–Crippen LogP) is 1.81. The van der Waals surface area contributed by atoms with Crippen LogP contribution in [0.2, 0.25) is 0 Å². The van der Waals surface area contributed by atoms with Crippen molar-refractivity contribution >= 4 is 23.5 Å². The van der Waals surface area contributed by atoms with Gasteiger partial charge in [-0.1, -0.05) is 24.4 Å². The molecule has 1 rings (SSSR count). The van der Waals surface area contributed by atoms with Crippen molar-refractivity contribution in [3.05, 3.63) is 29.6 Å². The van der Waals surface area contributed by atoms with Gasteiger partial charge >= 0.3 is 5.97 Å². The zero-order valence-electron chi connectivity index (χ0n) is 6.60. The molecule has 0 aliphatic heterocycles. The van der Waals surface area contributed by atoms with Gasteiger partial charge in [0.2, 0.25) is 0 Å². The molecule has 0 atom stereocenters. The normalized spacial score (nSPS) is 9.15. The number of aliphatic carboxylic acids is 1. The van der Waals surface area contributed by atoms with E-state index in [4.69, 9.17) is 11.7 Å². The Morgan fingerprint density at radius 3 is 3.08 bits per heavy atom. The molecule has 0 aromatic carbocycles. The summed E-state index contributed by atoms with van der Waals surface area (Å²) in [5.74, 6) is -0.635. The molecule has 0 amide bonds. The van der Waals surface area contributed by atoms with Gasteiger partial charge in [-0.2, -0.15) is 0 Å². The molecule has 0 spiro atoms. The minimum atomic E-state index is -0.889. The fraction of sp³-hybridized carbons (Fsp3) is 0.125. The first-order valence-electron chi connectivity index (χ1n) is 3.41. The van der Waals surface area contributed by atoms with Crippen LogP contribution in [0.15, 0.2) is 23.2 Å². The first-order chi connectivity index (χ1) is 6.22. The zero-order valence-corrected chi connectivity index (χ0v) is 7.41. The van der Waals surface area contributed by atoms with Gasteiger partial charge in [-0.3, -0.25) is 4.79 Å². The summed E-state index contributed by atoms with van der Waals surface area (Å²) in [5.41, 5.74) is 0. The third-order valence-corrected chi connectivity index (χ3v) is 2.08. The standard InChI is InChI=1S/C8H6N2O2S/c1-9-6-3-2-4-7(10-6)13-5-8(11)12/h2-4H,5H2,(H,11,12). The van der Waals surface area contributed by atoms with Crippen LogP contribution >= 0.6 is 11.8 Å². The molecule has 1 aromatic rings. The minimum absolute atomic E-state index is 0.0333. The fourth-order valence-electron chi connectivity index (χ4n) is 0.682. The number of aromatic nitrogens is 1. The van der Waals surface area contributed by atoms with E-state index in [1.807, 2.05) is 0 Å². The third-order valence-electron chi connectivity index (χ3n) is 1.17. The quantitative estimate of drug-likeness (QED) is 0.589.